The second-order valence-electron chi connectivity index (χ2n) is 6.62. The molecule has 1 aliphatic heterocycles. The number of benzene rings is 2. The van der Waals surface area contributed by atoms with Crippen molar-refractivity contribution >= 4 is 11.8 Å². The highest BCUT2D eigenvalue weighted by Crippen LogP contribution is 2.26. The summed E-state index contributed by atoms with van der Waals surface area (Å²) in [7, 11) is 1.48. The van der Waals surface area contributed by atoms with Gasteiger partial charge in [-0.2, -0.15) is 0 Å². The van der Waals surface area contributed by atoms with Gasteiger partial charge in [-0.15, -0.1) is 0 Å². The van der Waals surface area contributed by atoms with Crippen LogP contribution in [0.5, 0.6) is 5.75 Å². The monoisotopic (exact) mass is 353 g/mol. The van der Waals surface area contributed by atoms with Crippen molar-refractivity contribution in [1.29, 1.82) is 0 Å². The second-order valence-corrected chi connectivity index (χ2v) is 6.62. The van der Waals surface area contributed by atoms with Gasteiger partial charge >= 0.3 is 5.97 Å². The van der Waals surface area contributed by atoms with Crippen molar-refractivity contribution in [3.8, 4) is 5.75 Å². The van der Waals surface area contributed by atoms with Crippen molar-refractivity contribution < 1.29 is 19.4 Å². The van der Waals surface area contributed by atoms with E-state index in [1.165, 1.54) is 18.7 Å². The number of rotatable bonds is 6. The van der Waals surface area contributed by atoms with Gasteiger partial charge < -0.3 is 9.84 Å². The molecule has 1 heterocycles. The molecule has 5 heteroatoms. The summed E-state index contributed by atoms with van der Waals surface area (Å²) in [4.78, 5) is 26.7. The molecule has 1 aliphatic rings. The first-order valence-corrected chi connectivity index (χ1v) is 8.80. The largest absolute Gasteiger partial charge is 0.497 e. The predicted molar refractivity (Wildman–Crippen MR) is 98.7 cm³/mol. The molecule has 0 bridgehead atoms. The molecule has 136 valence electrons. The molecule has 1 saturated heterocycles. The fraction of sp³-hybridized carbons (Fsp3) is 0.333. The molecule has 1 fully saturated rings. The highest BCUT2D eigenvalue weighted by molar-refractivity contribution is 6.07. The molecule has 3 rings (SSSR count). The van der Waals surface area contributed by atoms with Crippen LogP contribution >= 0.6 is 0 Å². The molecule has 2 aromatic carbocycles. The van der Waals surface area contributed by atoms with E-state index in [1.54, 1.807) is 12.1 Å². The van der Waals surface area contributed by atoms with Crippen LogP contribution in [0.25, 0.3) is 0 Å². The van der Waals surface area contributed by atoms with E-state index in [1.807, 2.05) is 18.2 Å². The standard InChI is InChI=1S/C21H23NO4/c1-26-17-7-8-18(19(13-17)21(24)25)20(23)16-9-11-22(12-10-16)14-15-5-3-2-4-6-15/h2-8,13,16H,9-12,14H2,1H3,(H,24,25). The molecule has 0 aromatic heterocycles. The minimum atomic E-state index is -1.10. The summed E-state index contributed by atoms with van der Waals surface area (Å²) in [6.07, 6.45) is 1.49. The maximum absolute atomic E-state index is 12.9. The molecule has 5 nitrogen and oxygen atoms in total. The zero-order chi connectivity index (χ0) is 18.5. The molecule has 2 aromatic rings. The zero-order valence-electron chi connectivity index (χ0n) is 14.9. The third-order valence-electron chi connectivity index (χ3n) is 4.93. The molecule has 0 aliphatic carbocycles. The fourth-order valence-electron chi connectivity index (χ4n) is 3.46. The molecular formula is C21H23NO4. The quantitative estimate of drug-likeness (QED) is 0.805. The highest BCUT2D eigenvalue weighted by atomic mass is 16.5. The topological polar surface area (TPSA) is 66.8 Å². The Labute approximate surface area is 153 Å². The van der Waals surface area contributed by atoms with E-state index in [0.717, 1.165) is 32.5 Å². The molecule has 0 atom stereocenters. The Bertz CT molecular complexity index is 780. The zero-order valence-corrected chi connectivity index (χ0v) is 14.9. The summed E-state index contributed by atoms with van der Waals surface area (Å²) in [5.74, 6) is -0.872. The van der Waals surface area contributed by atoms with E-state index >= 15 is 0 Å². The normalized spacial score (nSPS) is 15.6. The number of methoxy groups -OCH3 is 1. The minimum Gasteiger partial charge on any atom is -0.497 e. The van der Waals surface area contributed by atoms with Crippen molar-refractivity contribution in [2.45, 2.75) is 19.4 Å². The number of carbonyl (C=O) groups is 2. The van der Waals surface area contributed by atoms with Crippen molar-refractivity contribution in [2.24, 2.45) is 5.92 Å². The summed E-state index contributed by atoms with van der Waals surface area (Å²) >= 11 is 0. The Morgan fingerprint density at radius 3 is 2.38 bits per heavy atom. The fourth-order valence-corrected chi connectivity index (χ4v) is 3.46. The number of likely N-dealkylation sites (tertiary alicyclic amines) is 1. The lowest BCUT2D eigenvalue weighted by Gasteiger charge is -2.31. The van der Waals surface area contributed by atoms with Crippen LogP contribution < -0.4 is 4.74 Å². The Morgan fingerprint density at radius 1 is 1.08 bits per heavy atom. The maximum atomic E-state index is 12.9. The van der Waals surface area contributed by atoms with Gasteiger partial charge in [-0.1, -0.05) is 30.3 Å². The number of ether oxygens (including phenoxy) is 1. The number of carbonyl (C=O) groups excluding carboxylic acids is 1. The van der Waals surface area contributed by atoms with Gasteiger partial charge in [0, 0.05) is 18.0 Å². The molecule has 26 heavy (non-hydrogen) atoms. The van der Waals surface area contributed by atoms with Gasteiger partial charge in [-0.25, -0.2) is 4.79 Å². The van der Waals surface area contributed by atoms with Gasteiger partial charge in [0.2, 0.25) is 0 Å². The van der Waals surface area contributed by atoms with E-state index in [2.05, 4.69) is 17.0 Å². The van der Waals surface area contributed by atoms with Crippen molar-refractivity contribution in [3.63, 3.8) is 0 Å². The van der Waals surface area contributed by atoms with Gasteiger partial charge in [-0.3, -0.25) is 9.69 Å². The Balaban J connectivity index is 1.66. The molecule has 0 spiro atoms. The molecule has 0 unspecified atom stereocenters. The lowest BCUT2D eigenvalue weighted by atomic mass is 9.87. The average Bonchev–Trinajstić information content (AvgIpc) is 2.68. The van der Waals surface area contributed by atoms with Gasteiger partial charge in [-0.05, 0) is 49.7 Å². The number of carboxylic acids is 1. The Hall–Kier alpha value is -2.66. The number of carboxylic acid groups (broad SMARTS) is 1. The smallest absolute Gasteiger partial charge is 0.336 e. The van der Waals surface area contributed by atoms with Gasteiger partial charge in [0.25, 0.3) is 0 Å². The number of Topliss-reactive ketones (excluding diaryl/α,β-unsaturated/α-hetero) is 1. The number of piperidine rings is 1. The third kappa shape index (κ3) is 4.11. The van der Waals surface area contributed by atoms with Crippen LogP contribution in [0, 0.1) is 5.92 Å². The minimum absolute atomic E-state index is 0.0149. The second kappa shape index (κ2) is 8.15. The average molecular weight is 353 g/mol. The van der Waals surface area contributed by atoms with Crippen LogP contribution in [0.2, 0.25) is 0 Å². The van der Waals surface area contributed by atoms with Crippen LogP contribution in [-0.4, -0.2) is 42.0 Å². The number of hydrogen-bond donors (Lipinski definition) is 1. The van der Waals surface area contributed by atoms with Crippen molar-refractivity contribution in [2.75, 3.05) is 20.2 Å². The number of nitrogens with zero attached hydrogens (tertiary/aromatic N) is 1. The van der Waals surface area contributed by atoms with Crippen LogP contribution in [0.3, 0.4) is 0 Å². The van der Waals surface area contributed by atoms with Crippen molar-refractivity contribution in [3.05, 3.63) is 65.2 Å². The molecule has 0 saturated carbocycles. The van der Waals surface area contributed by atoms with Crippen LogP contribution in [0.15, 0.2) is 48.5 Å². The van der Waals surface area contributed by atoms with E-state index in [9.17, 15) is 14.7 Å². The summed E-state index contributed by atoms with van der Waals surface area (Å²) < 4.78 is 5.07. The van der Waals surface area contributed by atoms with E-state index in [0.29, 0.717) is 5.75 Å². The summed E-state index contributed by atoms with van der Waals surface area (Å²) in [5.41, 5.74) is 1.56. The summed E-state index contributed by atoms with van der Waals surface area (Å²) in [5, 5.41) is 9.42. The van der Waals surface area contributed by atoms with E-state index in [4.69, 9.17) is 4.74 Å². The Morgan fingerprint density at radius 2 is 1.77 bits per heavy atom. The number of hydrogen-bond acceptors (Lipinski definition) is 4. The van der Waals surface area contributed by atoms with E-state index < -0.39 is 5.97 Å². The van der Waals surface area contributed by atoms with Crippen LogP contribution in [0.4, 0.5) is 0 Å². The van der Waals surface area contributed by atoms with Crippen molar-refractivity contribution in [1.82, 2.24) is 4.90 Å². The van der Waals surface area contributed by atoms with Crippen LogP contribution in [0.1, 0.15) is 39.1 Å². The number of ketones is 1. The van der Waals surface area contributed by atoms with Gasteiger partial charge in [0.1, 0.15) is 5.75 Å². The summed E-state index contributed by atoms with van der Waals surface area (Å²) in [6.45, 7) is 2.55. The first-order chi connectivity index (χ1) is 12.6. The molecule has 0 radical (unpaired) electrons. The maximum Gasteiger partial charge on any atom is 0.336 e. The SMILES string of the molecule is COc1ccc(C(=O)C2CCN(Cc3ccccc3)CC2)c(C(=O)O)c1. The first kappa shape index (κ1) is 18.1. The van der Waals surface area contributed by atoms with E-state index in [-0.39, 0.29) is 22.8 Å². The highest BCUT2D eigenvalue weighted by Gasteiger charge is 2.28. The Kier molecular flexibility index (Phi) is 5.68. The number of aromatic carboxylic acids is 1. The third-order valence-corrected chi connectivity index (χ3v) is 4.93. The molecule has 1 N–H and O–H groups in total. The van der Waals surface area contributed by atoms with Gasteiger partial charge in [0.05, 0.1) is 12.7 Å². The first-order valence-electron chi connectivity index (χ1n) is 8.80. The predicted octanol–water partition coefficient (Wildman–Crippen LogP) is 3.49. The molecular weight excluding hydrogens is 330 g/mol. The summed E-state index contributed by atoms with van der Waals surface area (Å²) in [6, 6.07) is 14.9. The lowest BCUT2D eigenvalue weighted by Crippen LogP contribution is -2.36. The van der Waals surface area contributed by atoms with Gasteiger partial charge in [0.15, 0.2) is 5.78 Å². The lowest BCUT2D eigenvalue weighted by molar-refractivity contribution is 0.0686. The molecule has 0 amide bonds. The van der Waals surface area contributed by atoms with Crippen LogP contribution in [-0.2, 0) is 6.54 Å².